The number of halogens is 2. The van der Waals surface area contributed by atoms with Gasteiger partial charge in [-0.15, -0.1) is 0 Å². The molecule has 0 spiro atoms. The van der Waals surface area contributed by atoms with Crippen LogP contribution in [0.25, 0.3) is 0 Å². The third-order valence-corrected chi connectivity index (χ3v) is 3.19. The van der Waals surface area contributed by atoms with Gasteiger partial charge in [-0.25, -0.2) is 8.78 Å². The number of aliphatic hydroxyl groups excluding tert-OH is 1. The predicted molar refractivity (Wildman–Crippen MR) is 72.0 cm³/mol. The Labute approximate surface area is 113 Å². The van der Waals surface area contributed by atoms with Crippen LogP contribution >= 0.6 is 0 Å². The van der Waals surface area contributed by atoms with Crippen LogP contribution in [0, 0.1) is 11.6 Å². The van der Waals surface area contributed by atoms with E-state index in [1.807, 2.05) is 7.05 Å². The van der Waals surface area contributed by atoms with E-state index < -0.39 is 17.7 Å². The van der Waals surface area contributed by atoms with Crippen molar-refractivity contribution in [3.05, 3.63) is 35.4 Å². The highest BCUT2D eigenvalue weighted by atomic mass is 19.2. The zero-order chi connectivity index (χ0) is 14.4. The van der Waals surface area contributed by atoms with Crippen molar-refractivity contribution in [1.29, 1.82) is 0 Å². The van der Waals surface area contributed by atoms with Gasteiger partial charge in [-0.2, -0.15) is 0 Å². The Bertz CT molecular complexity index is 399. The van der Waals surface area contributed by atoms with E-state index >= 15 is 0 Å². The van der Waals surface area contributed by atoms with Crippen LogP contribution in [0.15, 0.2) is 18.2 Å². The molecule has 1 aromatic carbocycles. The molecular formula is C14H22F2N2O. The molecular weight excluding hydrogens is 250 g/mol. The van der Waals surface area contributed by atoms with Crippen LogP contribution in [-0.2, 0) is 0 Å². The van der Waals surface area contributed by atoms with E-state index in [0.717, 1.165) is 25.2 Å². The minimum Gasteiger partial charge on any atom is -0.387 e. The summed E-state index contributed by atoms with van der Waals surface area (Å²) in [7, 11) is 2.03. The Hall–Kier alpha value is -1.04. The van der Waals surface area contributed by atoms with Gasteiger partial charge in [0.2, 0.25) is 0 Å². The molecule has 1 unspecified atom stereocenters. The number of likely N-dealkylation sites (N-methyl/N-ethyl adjacent to an activating group) is 1. The Morgan fingerprint density at radius 3 is 2.53 bits per heavy atom. The van der Waals surface area contributed by atoms with Crippen LogP contribution in [-0.4, -0.2) is 42.7 Å². The maximum atomic E-state index is 13.0. The maximum Gasteiger partial charge on any atom is 0.159 e. The molecule has 5 heteroatoms. The smallest absolute Gasteiger partial charge is 0.159 e. The molecule has 0 saturated carbocycles. The highest BCUT2D eigenvalue weighted by Crippen LogP contribution is 2.15. The number of benzene rings is 1. The molecule has 0 saturated heterocycles. The van der Waals surface area contributed by atoms with Crippen LogP contribution in [0.3, 0.4) is 0 Å². The first-order valence-electron chi connectivity index (χ1n) is 6.45. The molecule has 0 bridgehead atoms. The first kappa shape index (κ1) is 16.0. The minimum absolute atomic E-state index is 0.316. The third-order valence-electron chi connectivity index (χ3n) is 3.19. The average molecular weight is 272 g/mol. The summed E-state index contributed by atoms with van der Waals surface area (Å²) < 4.78 is 25.8. The molecule has 0 heterocycles. The molecule has 3 nitrogen and oxygen atoms in total. The van der Waals surface area contributed by atoms with Gasteiger partial charge in [-0.3, -0.25) is 0 Å². The van der Waals surface area contributed by atoms with Gasteiger partial charge in [0.1, 0.15) is 0 Å². The Morgan fingerprint density at radius 2 is 1.95 bits per heavy atom. The average Bonchev–Trinajstić information content (AvgIpc) is 2.37. The lowest BCUT2D eigenvalue weighted by molar-refractivity contribution is 0.171. The van der Waals surface area contributed by atoms with Crippen LogP contribution in [0.1, 0.15) is 25.5 Å². The zero-order valence-corrected chi connectivity index (χ0v) is 11.7. The molecule has 1 rings (SSSR count). The molecule has 0 aliphatic heterocycles. The van der Waals surface area contributed by atoms with Crippen molar-refractivity contribution in [2.75, 3.05) is 26.7 Å². The number of aliphatic hydroxyl groups is 1. The van der Waals surface area contributed by atoms with Gasteiger partial charge >= 0.3 is 0 Å². The lowest BCUT2D eigenvalue weighted by Gasteiger charge is -2.21. The largest absolute Gasteiger partial charge is 0.387 e. The molecule has 0 fully saturated rings. The molecule has 0 aliphatic carbocycles. The molecule has 0 radical (unpaired) electrons. The summed E-state index contributed by atoms with van der Waals surface area (Å²) in [6, 6.07) is 3.92. The Kier molecular flexibility index (Phi) is 6.34. The lowest BCUT2D eigenvalue weighted by Crippen LogP contribution is -2.35. The number of hydrogen-bond acceptors (Lipinski definition) is 3. The van der Waals surface area contributed by atoms with Crippen LogP contribution < -0.4 is 5.32 Å². The summed E-state index contributed by atoms with van der Waals surface area (Å²) in [6.45, 7) is 6.13. The van der Waals surface area contributed by atoms with Crippen molar-refractivity contribution >= 4 is 0 Å². The lowest BCUT2D eigenvalue weighted by atomic mass is 10.1. The molecule has 19 heavy (non-hydrogen) atoms. The molecule has 1 atom stereocenters. The Balaban J connectivity index is 2.35. The second-order valence-electron chi connectivity index (χ2n) is 4.97. The van der Waals surface area contributed by atoms with E-state index in [0.29, 0.717) is 18.2 Å². The standard InChI is InChI=1S/C14H22F2N2O/c1-10(2)18(3)7-6-17-9-14(19)11-4-5-12(15)13(16)8-11/h4-5,8,10,14,17,19H,6-7,9H2,1-3H3. The van der Waals surface area contributed by atoms with Crippen LogP contribution in [0.2, 0.25) is 0 Å². The quantitative estimate of drug-likeness (QED) is 0.745. The van der Waals surface area contributed by atoms with Crippen molar-refractivity contribution in [2.45, 2.75) is 26.0 Å². The van der Waals surface area contributed by atoms with Gasteiger partial charge < -0.3 is 15.3 Å². The summed E-state index contributed by atoms with van der Waals surface area (Å²) in [4.78, 5) is 2.18. The Morgan fingerprint density at radius 1 is 1.26 bits per heavy atom. The molecule has 1 aromatic rings. The van der Waals surface area contributed by atoms with Gasteiger partial charge in [-0.1, -0.05) is 6.07 Å². The summed E-state index contributed by atoms with van der Waals surface area (Å²) >= 11 is 0. The highest BCUT2D eigenvalue weighted by Gasteiger charge is 2.10. The number of hydrogen-bond donors (Lipinski definition) is 2. The number of rotatable bonds is 7. The van der Waals surface area contributed by atoms with E-state index in [-0.39, 0.29) is 0 Å². The highest BCUT2D eigenvalue weighted by molar-refractivity contribution is 5.20. The molecule has 0 amide bonds. The maximum absolute atomic E-state index is 13.0. The predicted octanol–water partition coefficient (Wildman–Crippen LogP) is 1.93. The van der Waals surface area contributed by atoms with Gasteiger partial charge in [-0.05, 0) is 38.6 Å². The van der Waals surface area contributed by atoms with Gasteiger partial charge in [0.15, 0.2) is 11.6 Å². The zero-order valence-electron chi connectivity index (χ0n) is 11.7. The second kappa shape index (κ2) is 7.53. The second-order valence-corrected chi connectivity index (χ2v) is 4.97. The van der Waals surface area contributed by atoms with E-state index in [4.69, 9.17) is 0 Å². The van der Waals surface area contributed by atoms with Crippen LogP contribution in [0.4, 0.5) is 8.78 Å². The number of nitrogens with one attached hydrogen (secondary N) is 1. The topological polar surface area (TPSA) is 35.5 Å². The van der Waals surface area contributed by atoms with Gasteiger partial charge in [0, 0.05) is 25.7 Å². The van der Waals surface area contributed by atoms with Crippen molar-refractivity contribution in [2.24, 2.45) is 0 Å². The van der Waals surface area contributed by atoms with Gasteiger partial charge in [0.25, 0.3) is 0 Å². The SMILES string of the molecule is CC(C)N(C)CCNCC(O)c1ccc(F)c(F)c1. The normalized spacial score (nSPS) is 13.3. The summed E-state index contributed by atoms with van der Waals surface area (Å²) in [6.07, 6.45) is -0.834. The summed E-state index contributed by atoms with van der Waals surface area (Å²) in [5.74, 6) is -1.83. The van der Waals surface area contributed by atoms with Gasteiger partial charge in [0.05, 0.1) is 6.10 Å². The van der Waals surface area contributed by atoms with E-state index in [1.165, 1.54) is 6.07 Å². The minimum atomic E-state index is -0.934. The molecule has 108 valence electrons. The summed E-state index contributed by atoms with van der Waals surface area (Å²) in [5.41, 5.74) is 0.378. The third kappa shape index (κ3) is 5.22. The fourth-order valence-corrected chi connectivity index (χ4v) is 1.59. The first-order chi connectivity index (χ1) is 8.91. The van der Waals surface area contributed by atoms with E-state index in [2.05, 4.69) is 24.1 Å². The van der Waals surface area contributed by atoms with Crippen molar-refractivity contribution in [1.82, 2.24) is 10.2 Å². The van der Waals surface area contributed by atoms with Crippen molar-refractivity contribution < 1.29 is 13.9 Å². The fourth-order valence-electron chi connectivity index (χ4n) is 1.59. The summed E-state index contributed by atoms with van der Waals surface area (Å²) in [5, 5.41) is 12.9. The fraction of sp³-hybridized carbons (Fsp3) is 0.571. The van der Waals surface area contributed by atoms with Crippen molar-refractivity contribution in [3.63, 3.8) is 0 Å². The van der Waals surface area contributed by atoms with Crippen LogP contribution in [0.5, 0.6) is 0 Å². The number of nitrogens with zero attached hydrogens (tertiary/aromatic N) is 1. The van der Waals surface area contributed by atoms with E-state index in [9.17, 15) is 13.9 Å². The van der Waals surface area contributed by atoms with Crippen molar-refractivity contribution in [3.8, 4) is 0 Å². The monoisotopic (exact) mass is 272 g/mol. The molecule has 2 N–H and O–H groups in total. The first-order valence-corrected chi connectivity index (χ1v) is 6.45. The molecule has 0 aromatic heterocycles. The molecule has 0 aliphatic rings. The van der Waals surface area contributed by atoms with E-state index in [1.54, 1.807) is 0 Å².